The normalized spacial score (nSPS) is 11.9. The number of carbonyl (C=O) groups is 1. The number of aliphatic carboxylic acids is 1. The molecule has 5 heteroatoms. The Morgan fingerprint density at radius 2 is 2.24 bits per heavy atom. The third-order valence-corrected chi connectivity index (χ3v) is 3.43. The van der Waals surface area contributed by atoms with Gasteiger partial charge in [0.05, 0.1) is 11.9 Å². The van der Waals surface area contributed by atoms with Gasteiger partial charge in [0.1, 0.15) is 4.60 Å². The maximum atomic E-state index is 10.9. The summed E-state index contributed by atoms with van der Waals surface area (Å²) in [5.41, 5.74) is 1.39. The Morgan fingerprint density at radius 1 is 1.53 bits per heavy atom. The van der Waals surface area contributed by atoms with Crippen molar-refractivity contribution in [3.8, 4) is 0 Å². The van der Waals surface area contributed by atoms with E-state index in [0.717, 1.165) is 21.1 Å². The molecular weight excluding hydrogens is 284 g/mol. The summed E-state index contributed by atoms with van der Waals surface area (Å²) in [5, 5.41) is 16.9. The molecule has 0 aliphatic carbocycles. The zero-order valence-electron chi connectivity index (χ0n) is 9.62. The van der Waals surface area contributed by atoms with Crippen LogP contribution < -0.4 is 0 Å². The van der Waals surface area contributed by atoms with Crippen molar-refractivity contribution in [3.05, 3.63) is 28.4 Å². The molecule has 1 aromatic carbocycles. The summed E-state index contributed by atoms with van der Waals surface area (Å²) < 4.78 is 0.793. The fourth-order valence-corrected chi connectivity index (χ4v) is 2.57. The van der Waals surface area contributed by atoms with Gasteiger partial charge in [-0.15, -0.1) is 0 Å². The number of carboxylic acids is 1. The van der Waals surface area contributed by atoms with Crippen molar-refractivity contribution in [2.75, 3.05) is 0 Å². The fourth-order valence-electron chi connectivity index (χ4n) is 2.07. The maximum Gasteiger partial charge on any atom is 0.304 e. The molecule has 0 aliphatic rings. The third kappa shape index (κ3) is 2.20. The molecular formula is C12H13BrN2O2. The number of benzene rings is 1. The Kier molecular flexibility index (Phi) is 2.95. The van der Waals surface area contributed by atoms with Gasteiger partial charge >= 0.3 is 5.97 Å². The second-order valence-electron chi connectivity index (χ2n) is 4.69. The molecule has 0 amide bonds. The molecule has 4 nitrogen and oxygen atoms in total. The zero-order chi connectivity index (χ0) is 12.6. The molecule has 1 aromatic heterocycles. The summed E-state index contributed by atoms with van der Waals surface area (Å²) >= 11 is 3.41. The molecule has 1 heterocycles. The Hall–Kier alpha value is -1.36. The quantitative estimate of drug-likeness (QED) is 0.915. The number of halogens is 1. The predicted octanol–water partition coefficient (Wildman–Crippen LogP) is 3.08. The van der Waals surface area contributed by atoms with Crippen molar-refractivity contribution in [1.29, 1.82) is 0 Å². The van der Waals surface area contributed by atoms with E-state index in [-0.39, 0.29) is 6.42 Å². The smallest absolute Gasteiger partial charge is 0.304 e. The highest BCUT2D eigenvalue weighted by atomic mass is 79.9. The minimum atomic E-state index is -0.799. The number of nitrogens with zero attached hydrogens (tertiary/aromatic N) is 1. The van der Waals surface area contributed by atoms with Crippen molar-refractivity contribution in [2.45, 2.75) is 25.7 Å². The van der Waals surface area contributed by atoms with Gasteiger partial charge in [-0.25, -0.2) is 0 Å². The number of hydrogen-bond acceptors (Lipinski definition) is 2. The molecule has 90 valence electrons. The number of nitrogens with one attached hydrogen (secondary N) is 1. The van der Waals surface area contributed by atoms with E-state index >= 15 is 0 Å². The van der Waals surface area contributed by atoms with Gasteiger partial charge in [-0.2, -0.15) is 5.10 Å². The summed E-state index contributed by atoms with van der Waals surface area (Å²) in [6, 6.07) is 5.75. The van der Waals surface area contributed by atoms with Crippen molar-refractivity contribution in [1.82, 2.24) is 10.2 Å². The molecule has 2 rings (SSSR count). The van der Waals surface area contributed by atoms with E-state index in [0.29, 0.717) is 0 Å². The van der Waals surface area contributed by atoms with Crippen LogP contribution in [0.4, 0.5) is 0 Å². The van der Waals surface area contributed by atoms with Crippen LogP contribution in [0.1, 0.15) is 25.8 Å². The van der Waals surface area contributed by atoms with Crippen LogP contribution in [0, 0.1) is 0 Å². The van der Waals surface area contributed by atoms with Crippen LogP contribution in [-0.4, -0.2) is 21.3 Å². The van der Waals surface area contributed by atoms with E-state index in [2.05, 4.69) is 26.1 Å². The maximum absolute atomic E-state index is 10.9. The predicted molar refractivity (Wildman–Crippen MR) is 69.1 cm³/mol. The molecule has 17 heavy (non-hydrogen) atoms. The van der Waals surface area contributed by atoms with Crippen LogP contribution in [0.5, 0.6) is 0 Å². The molecule has 0 atom stereocenters. The second kappa shape index (κ2) is 4.14. The standard InChI is InChI=1S/C12H13BrN2O2/c1-12(2,6-9(16)17)7-4-3-5-8-10(7)11(13)15-14-8/h3-5H,6H2,1-2H3,(H,14,15)(H,16,17). The zero-order valence-corrected chi connectivity index (χ0v) is 11.2. The Bertz CT molecular complexity index is 575. The van der Waals surface area contributed by atoms with Gasteiger partial charge in [-0.3, -0.25) is 9.89 Å². The minimum absolute atomic E-state index is 0.0870. The van der Waals surface area contributed by atoms with Gasteiger partial charge < -0.3 is 5.11 Å². The van der Waals surface area contributed by atoms with Gasteiger partial charge in [-0.05, 0) is 27.6 Å². The first-order valence-corrected chi connectivity index (χ1v) is 6.06. The first-order chi connectivity index (χ1) is 7.92. The highest BCUT2D eigenvalue weighted by Crippen LogP contribution is 2.35. The molecule has 0 radical (unpaired) electrons. The summed E-state index contributed by atoms with van der Waals surface area (Å²) in [4.78, 5) is 10.9. The number of aromatic amines is 1. The first kappa shape index (κ1) is 12.1. The average molecular weight is 297 g/mol. The molecule has 0 bridgehead atoms. The molecule has 0 aliphatic heterocycles. The molecule has 0 spiro atoms. The largest absolute Gasteiger partial charge is 0.481 e. The van der Waals surface area contributed by atoms with Crippen LogP contribution in [0.15, 0.2) is 22.8 Å². The number of fused-ring (bicyclic) bond motifs is 1. The van der Waals surface area contributed by atoms with Gasteiger partial charge in [0.25, 0.3) is 0 Å². The van der Waals surface area contributed by atoms with E-state index in [1.54, 1.807) is 0 Å². The summed E-state index contributed by atoms with van der Waals surface area (Å²) in [6.07, 6.45) is 0.0870. The van der Waals surface area contributed by atoms with Crippen molar-refractivity contribution in [2.24, 2.45) is 0 Å². The first-order valence-electron chi connectivity index (χ1n) is 5.27. The van der Waals surface area contributed by atoms with Crippen molar-refractivity contribution < 1.29 is 9.90 Å². The summed E-state index contributed by atoms with van der Waals surface area (Å²) in [7, 11) is 0. The summed E-state index contributed by atoms with van der Waals surface area (Å²) in [6.45, 7) is 3.85. The van der Waals surface area contributed by atoms with Gasteiger partial charge in [0, 0.05) is 10.8 Å². The number of aromatic nitrogens is 2. The molecule has 2 N–H and O–H groups in total. The van der Waals surface area contributed by atoms with Crippen LogP contribution >= 0.6 is 15.9 Å². The van der Waals surface area contributed by atoms with Crippen LogP contribution in [0.25, 0.3) is 10.9 Å². The SMILES string of the molecule is CC(C)(CC(=O)O)c1cccc2n[nH]c(Br)c12. The lowest BCUT2D eigenvalue weighted by molar-refractivity contribution is -0.138. The Labute approximate surface area is 107 Å². The van der Waals surface area contributed by atoms with Gasteiger partial charge in [0.15, 0.2) is 0 Å². The third-order valence-electron chi connectivity index (χ3n) is 2.86. The van der Waals surface area contributed by atoms with Gasteiger partial charge in [0.2, 0.25) is 0 Å². The fraction of sp³-hybridized carbons (Fsp3) is 0.333. The average Bonchev–Trinajstić information content (AvgIpc) is 2.59. The van der Waals surface area contributed by atoms with Crippen molar-refractivity contribution in [3.63, 3.8) is 0 Å². The lowest BCUT2D eigenvalue weighted by Gasteiger charge is -2.23. The topological polar surface area (TPSA) is 66.0 Å². The van der Waals surface area contributed by atoms with Crippen LogP contribution in [0.3, 0.4) is 0 Å². The lowest BCUT2D eigenvalue weighted by atomic mass is 9.80. The molecule has 2 aromatic rings. The van der Waals surface area contributed by atoms with Crippen molar-refractivity contribution >= 4 is 32.8 Å². The molecule has 0 fully saturated rings. The van der Waals surface area contributed by atoms with Gasteiger partial charge in [-0.1, -0.05) is 26.0 Å². The molecule has 0 saturated heterocycles. The van der Waals surface area contributed by atoms with E-state index in [1.807, 2.05) is 32.0 Å². The number of hydrogen-bond donors (Lipinski definition) is 2. The monoisotopic (exact) mass is 296 g/mol. The minimum Gasteiger partial charge on any atom is -0.481 e. The lowest BCUT2D eigenvalue weighted by Crippen LogP contribution is -2.21. The van der Waals surface area contributed by atoms with E-state index < -0.39 is 11.4 Å². The number of rotatable bonds is 3. The summed E-state index contributed by atoms with van der Waals surface area (Å²) in [5.74, 6) is -0.799. The second-order valence-corrected chi connectivity index (χ2v) is 5.48. The molecule has 0 unspecified atom stereocenters. The Morgan fingerprint density at radius 3 is 2.88 bits per heavy atom. The van der Waals surface area contributed by atoms with E-state index in [9.17, 15) is 4.79 Å². The van der Waals surface area contributed by atoms with E-state index in [1.165, 1.54) is 0 Å². The highest BCUT2D eigenvalue weighted by Gasteiger charge is 2.27. The van der Waals surface area contributed by atoms with Crippen LogP contribution in [-0.2, 0) is 10.2 Å². The molecule has 0 saturated carbocycles. The Balaban J connectivity index is 2.61. The number of carboxylic acid groups (broad SMARTS) is 1. The number of H-pyrrole nitrogens is 1. The van der Waals surface area contributed by atoms with E-state index in [4.69, 9.17) is 5.11 Å². The highest BCUT2D eigenvalue weighted by molar-refractivity contribution is 9.10. The van der Waals surface area contributed by atoms with Crippen LogP contribution in [0.2, 0.25) is 0 Å².